The molecule has 0 aliphatic rings. The summed E-state index contributed by atoms with van der Waals surface area (Å²) in [6, 6.07) is 5.49. The number of hydrogen-bond acceptors (Lipinski definition) is 5. The molecule has 2 amide bonds. The van der Waals surface area contributed by atoms with Crippen LogP contribution in [0, 0.1) is 11.6 Å². The van der Waals surface area contributed by atoms with Crippen molar-refractivity contribution in [1.29, 1.82) is 0 Å². The number of benzene rings is 3. The number of amides is 2. The molecule has 38 heavy (non-hydrogen) atoms. The van der Waals surface area contributed by atoms with Crippen molar-refractivity contribution in [1.82, 2.24) is 0 Å². The second-order valence-electron chi connectivity index (χ2n) is 7.31. The molecule has 0 bridgehead atoms. The second-order valence-corrected chi connectivity index (χ2v) is 7.31. The van der Waals surface area contributed by atoms with Crippen molar-refractivity contribution >= 4 is 17.5 Å². The van der Waals surface area contributed by atoms with Gasteiger partial charge in [-0.05, 0) is 42.5 Å². The first-order valence-electron chi connectivity index (χ1n) is 10.0. The summed E-state index contributed by atoms with van der Waals surface area (Å²) in [5, 5.41) is 1.95. The zero-order valence-corrected chi connectivity index (χ0v) is 18.8. The molecule has 0 heterocycles. The van der Waals surface area contributed by atoms with E-state index in [0.29, 0.717) is 12.1 Å². The van der Waals surface area contributed by atoms with Crippen LogP contribution in [0.2, 0.25) is 0 Å². The van der Waals surface area contributed by atoms with Crippen LogP contribution in [0.25, 0.3) is 0 Å². The summed E-state index contributed by atoms with van der Waals surface area (Å²) in [5.74, 6) is -8.19. The van der Waals surface area contributed by atoms with Gasteiger partial charge in [0.15, 0.2) is 17.3 Å². The van der Waals surface area contributed by atoms with Gasteiger partial charge in [0.05, 0.1) is 12.7 Å². The second kappa shape index (κ2) is 10.4. The molecule has 0 unspecified atom stereocenters. The average Bonchev–Trinajstić information content (AvgIpc) is 2.77. The van der Waals surface area contributed by atoms with Crippen molar-refractivity contribution < 1.29 is 58.9 Å². The summed E-state index contributed by atoms with van der Waals surface area (Å²) in [7, 11) is 1.01. The third-order valence-corrected chi connectivity index (χ3v) is 4.66. The third-order valence-electron chi connectivity index (χ3n) is 4.66. The molecule has 7 nitrogen and oxygen atoms in total. The van der Waals surface area contributed by atoms with Crippen LogP contribution in [0.5, 0.6) is 23.0 Å². The van der Waals surface area contributed by atoms with E-state index in [2.05, 4.69) is 4.74 Å². The fourth-order valence-electron chi connectivity index (χ4n) is 3.12. The zero-order valence-electron chi connectivity index (χ0n) is 18.8. The van der Waals surface area contributed by atoms with E-state index in [0.717, 1.165) is 37.4 Å². The van der Waals surface area contributed by atoms with Crippen molar-refractivity contribution in [3.63, 3.8) is 0 Å². The van der Waals surface area contributed by atoms with Crippen molar-refractivity contribution in [2.24, 2.45) is 5.73 Å². The molecule has 3 N–H and O–H groups in total. The first-order valence-corrected chi connectivity index (χ1v) is 10.0. The van der Waals surface area contributed by atoms with Gasteiger partial charge in [-0.15, -0.1) is 13.2 Å². The molecule has 15 heteroatoms. The Morgan fingerprint density at radius 3 is 2.11 bits per heavy atom. The maximum absolute atomic E-state index is 15.0. The largest absolute Gasteiger partial charge is 0.573 e. The number of rotatable bonds is 7. The lowest BCUT2D eigenvalue weighted by molar-refractivity contribution is -0.274. The molecule has 0 aliphatic heterocycles. The SMILES string of the molecule is COc1cc(OC(F)(F)F)ccc1Oc1ccc(C(F)(F)F)c(F)c1C(=O)Nc1cc(F)cc(C(N)=O)c1. The number of carbonyl (C=O) groups excluding carboxylic acids is 2. The average molecular weight is 550 g/mol. The van der Waals surface area contributed by atoms with Gasteiger partial charge < -0.3 is 25.3 Å². The van der Waals surface area contributed by atoms with Crippen molar-refractivity contribution in [2.75, 3.05) is 12.4 Å². The van der Waals surface area contributed by atoms with Gasteiger partial charge in [0.1, 0.15) is 22.9 Å². The molecule has 0 fully saturated rings. The van der Waals surface area contributed by atoms with E-state index in [1.54, 1.807) is 0 Å². The summed E-state index contributed by atoms with van der Waals surface area (Å²) in [4.78, 5) is 24.2. The molecule has 3 aromatic carbocycles. The Kier molecular flexibility index (Phi) is 7.69. The summed E-state index contributed by atoms with van der Waals surface area (Å²) < 4.78 is 120. The van der Waals surface area contributed by atoms with Gasteiger partial charge in [-0.3, -0.25) is 9.59 Å². The molecular formula is C23H14F8N2O5. The highest BCUT2D eigenvalue weighted by atomic mass is 19.4. The van der Waals surface area contributed by atoms with Crippen LogP contribution >= 0.6 is 0 Å². The van der Waals surface area contributed by atoms with Gasteiger partial charge in [-0.1, -0.05) is 0 Å². The number of anilines is 1. The first kappa shape index (κ1) is 28.0. The van der Waals surface area contributed by atoms with Gasteiger partial charge in [-0.25, -0.2) is 8.78 Å². The minimum atomic E-state index is -5.25. The van der Waals surface area contributed by atoms with Gasteiger partial charge in [-0.2, -0.15) is 13.2 Å². The highest BCUT2D eigenvalue weighted by Crippen LogP contribution is 2.41. The Bertz CT molecular complexity index is 1390. The smallest absolute Gasteiger partial charge is 0.493 e. The van der Waals surface area contributed by atoms with Crippen molar-refractivity contribution in [2.45, 2.75) is 12.5 Å². The van der Waals surface area contributed by atoms with Crippen LogP contribution in [-0.4, -0.2) is 25.3 Å². The Morgan fingerprint density at radius 2 is 1.53 bits per heavy atom. The molecule has 202 valence electrons. The zero-order chi connectivity index (χ0) is 28.4. The molecule has 0 saturated heterocycles. The summed E-state index contributed by atoms with van der Waals surface area (Å²) in [6.07, 6.45) is -10.3. The third kappa shape index (κ3) is 6.60. The number of nitrogens with two attached hydrogens (primary N) is 1. The monoisotopic (exact) mass is 550 g/mol. The number of halogens is 8. The standard InChI is InChI=1S/C23H14F8N2O5/c1-36-17-9-13(38-23(29,30)31)2-4-15(17)37-16-5-3-14(22(26,27)28)19(25)18(16)21(35)33-12-7-10(20(32)34)6-11(24)8-12/h2-9H,1H3,(H2,32,34)(H,33,35). The van der Waals surface area contributed by atoms with E-state index in [-0.39, 0.29) is 6.07 Å². The van der Waals surface area contributed by atoms with Gasteiger partial charge in [0.25, 0.3) is 5.91 Å². The van der Waals surface area contributed by atoms with Crippen LogP contribution in [0.3, 0.4) is 0 Å². The van der Waals surface area contributed by atoms with Crippen molar-refractivity contribution in [3.05, 3.63) is 76.9 Å². The summed E-state index contributed by atoms with van der Waals surface area (Å²) in [5.41, 5.74) is 1.03. The van der Waals surface area contributed by atoms with Crippen LogP contribution < -0.4 is 25.3 Å². The van der Waals surface area contributed by atoms with E-state index in [4.69, 9.17) is 15.2 Å². The normalized spacial score (nSPS) is 11.6. The van der Waals surface area contributed by atoms with Gasteiger partial charge in [0, 0.05) is 17.3 Å². The molecule has 0 aliphatic carbocycles. The van der Waals surface area contributed by atoms with Crippen molar-refractivity contribution in [3.8, 4) is 23.0 Å². The molecule has 0 saturated carbocycles. The lowest BCUT2D eigenvalue weighted by atomic mass is 10.1. The molecular weight excluding hydrogens is 536 g/mol. The molecule has 0 aromatic heterocycles. The molecule has 0 spiro atoms. The number of ether oxygens (including phenoxy) is 3. The molecule has 3 aromatic rings. The Hall–Kier alpha value is -4.56. The quantitative estimate of drug-likeness (QED) is 0.350. The highest BCUT2D eigenvalue weighted by Gasteiger charge is 2.38. The van der Waals surface area contributed by atoms with E-state index in [1.165, 1.54) is 0 Å². The fourth-order valence-corrected chi connectivity index (χ4v) is 3.12. The molecule has 3 rings (SSSR count). The lowest BCUT2D eigenvalue weighted by Gasteiger charge is -2.18. The van der Waals surface area contributed by atoms with E-state index in [1.807, 2.05) is 5.32 Å². The number of primary amides is 1. The topological polar surface area (TPSA) is 99.9 Å². The first-order chi connectivity index (χ1) is 17.6. The Labute approximate surface area is 207 Å². The Morgan fingerprint density at radius 1 is 0.868 bits per heavy atom. The highest BCUT2D eigenvalue weighted by molar-refractivity contribution is 6.07. The van der Waals surface area contributed by atoms with Crippen LogP contribution in [-0.2, 0) is 6.18 Å². The molecule has 0 atom stereocenters. The predicted octanol–water partition coefficient (Wildman–Crippen LogP) is 6.03. The van der Waals surface area contributed by atoms with Crippen LogP contribution in [0.15, 0.2) is 48.5 Å². The maximum Gasteiger partial charge on any atom is 0.573 e. The van der Waals surface area contributed by atoms with Gasteiger partial charge in [0.2, 0.25) is 5.91 Å². The molecule has 0 radical (unpaired) electrons. The van der Waals surface area contributed by atoms with E-state index >= 15 is 4.39 Å². The number of carbonyl (C=O) groups is 2. The minimum absolute atomic E-state index is 0.266. The maximum atomic E-state index is 15.0. The van der Waals surface area contributed by atoms with E-state index < -0.39 is 81.4 Å². The predicted molar refractivity (Wildman–Crippen MR) is 114 cm³/mol. The van der Waals surface area contributed by atoms with Crippen LogP contribution in [0.4, 0.5) is 40.8 Å². The van der Waals surface area contributed by atoms with Crippen LogP contribution in [0.1, 0.15) is 26.3 Å². The number of nitrogens with one attached hydrogen (secondary N) is 1. The number of hydrogen-bond donors (Lipinski definition) is 2. The van der Waals surface area contributed by atoms with E-state index in [9.17, 15) is 40.3 Å². The lowest BCUT2D eigenvalue weighted by Crippen LogP contribution is -2.19. The summed E-state index contributed by atoms with van der Waals surface area (Å²) >= 11 is 0. The summed E-state index contributed by atoms with van der Waals surface area (Å²) in [6.45, 7) is 0. The number of alkyl halides is 6. The Balaban J connectivity index is 2.07. The number of methoxy groups -OCH3 is 1. The van der Waals surface area contributed by atoms with Gasteiger partial charge >= 0.3 is 12.5 Å². The minimum Gasteiger partial charge on any atom is -0.493 e. The fraction of sp³-hybridized carbons (Fsp3) is 0.130.